The van der Waals surface area contributed by atoms with Crippen molar-refractivity contribution < 1.29 is 14.6 Å². The second-order valence-electron chi connectivity index (χ2n) is 4.91. The Kier molecular flexibility index (Phi) is 4.59. The summed E-state index contributed by atoms with van der Waals surface area (Å²) >= 11 is 0. The molecule has 20 heavy (non-hydrogen) atoms. The Bertz CT molecular complexity index is 518. The van der Waals surface area contributed by atoms with Crippen LogP contribution in [0, 0.1) is 16.7 Å². The molecule has 0 aliphatic heterocycles. The Balaban J connectivity index is 1.97. The number of carbonyl (C=O) groups excluding carboxylic acids is 1. The van der Waals surface area contributed by atoms with Crippen LogP contribution in [0.1, 0.15) is 24.8 Å². The number of hydrogen-bond acceptors (Lipinski definition) is 4. The summed E-state index contributed by atoms with van der Waals surface area (Å²) in [6.07, 6.45) is 2.20. The summed E-state index contributed by atoms with van der Waals surface area (Å²) in [4.78, 5) is 12.1. The van der Waals surface area contributed by atoms with Crippen LogP contribution in [-0.4, -0.2) is 24.2 Å². The van der Waals surface area contributed by atoms with Crippen LogP contribution in [0.4, 0.5) is 0 Å². The van der Waals surface area contributed by atoms with E-state index in [1.165, 1.54) is 0 Å². The first kappa shape index (κ1) is 14.4. The van der Waals surface area contributed by atoms with E-state index in [0.717, 1.165) is 12.0 Å². The maximum absolute atomic E-state index is 12.1. The number of aliphatic hydroxyl groups is 1. The molecule has 1 amide bonds. The summed E-state index contributed by atoms with van der Waals surface area (Å²) < 4.78 is 5.40. The van der Waals surface area contributed by atoms with Gasteiger partial charge in [0.05, 0.1) is 12.7 Å². The summed E-state index contributed by atoms with van der Waals surface area (Å²) in [5.74, 6) is 0.435. The molecule has 1 saturated carbocycles. The highest BCUT2D eigenvalue weighted by atomic mass is 16.5. The predicted octanol–water partition coefficient (Wildman–Crippen LogP) is 1.37. The molecule has 0 saturated heterocycles. The van der Waals surface area contributed by atoms with Crippen molar-refractivity contribution in [2.45, 2.75) is 25.8 Å². The number of nitrogens with one attached hydrogen (secondary N) is 1. The van der Waals surface area contributed by atoms with Gasteiger partial charge in [-0.2, -0.15) is 5.26 Å². The lowest BCUT2D eigenvalue weighted by atomic mass is 9.69. The molecule has 106 valence electrons. The van der Waals surface area contributed by atoms with Gasteiger partial charge in [0.25, 0.3) is 0 Å². The third kappa shape index (κ3) is 2.91. The molecule has 0 unspecified atom stereocenters. The van der Waals surface area contributed by atoms with E-state index < -0.39 is 5.41 Å². The molecule has 0 atom stereocenters. The Morgan fingerprint density at radius 1 is 1.45 bits per heavy atom. The molecule has 1 aromatic carbocycles. The van der Waals surface area contributed by atoms with E-state index in [1.54, 1.807) is 6.07 Å². The number of nitrogens with zero attached hydrogens (tertiary/aromatic N) is 1. The van der Waals surface area contributed by atoms with E-state index in [-0.39, 0.29) is 19.1 Å². The quantitative estimate of drug-likeness (QED) is 0.820. The molecule has 1 fully saturated rings. The largest absolute Gasteiger partial charge is 0.491 e. The fourth-order valence-corrected chi connectivity index (χ4v) is 2.21. The van der Waals surface area contributed by atoms with Crippen LogP contribution in [0.5, 0.6) is 5.75 Å². The Hall–Kier alpha value is -2.06. The van der Waals surface area contributed by atoms with Gasteiger partial charge in [-0.25, -0.2) is 0 Å². The smallest absolute Gasteiger partial charge is 0.240 e. The molecule has 1 aliphatic carbocycles. The number of benzene rings is 1. The zero-order chi connectivity index (χ0) is 14.4. The highest BCUT2D eigenvalue weighted by molar-refractivity contribution is 5.86. The van der Waals surface area contributed by atoms with Crippen LogP contribution < -0.4 is 10.1 Å². The van der Waals surface area contributed by atoms with Gasteiger partial charge in [-0.1, -0.05) is 18.2 Å². The van der Waals surface area contributed by atoms with Crippen molar-refractivity contribution in [2.24, 2.45) is 5.41 Å². The molecule has 2 N–H and O–H groups in total. The van der Waals surface area contributed by atoms with Crippen LogP contribution in [0.3, 0.4) is 0 Å². The van der Waals surface area contributed by atoms with Crippen LogP contribution >= 0.6 is 0 Å². The monoisotopic (exact) mass is 274 g/mol. The average Bonchev–Trinajstić information content (AvgIpc) is 2.43. The minimum atomic E-state index is -0.832. The maximum Gasteiger partial charge on any atom is 0.240 e. The van der Waals surface area contributed by atoms with E-state index in [0.29, 0.717) is 25.1 Å². The highest BCUT2D eigenvalue weighted by Gasteiger charge is 2.44. The number of rotatable bonds is 6. The van der Waals surface area contributed by atoms with Crippen LogP contribution in [0.25, 0.3) is 0 Å². The molecule has 2 rings (SSSR count). The van der Waals surface area contributed by atoms with Crippen LogP contribution in [0.2, 0.25) is 0 Å². The molecule has 1 aliphatic rings. The van der Waals surface area contributed by atoms with Gasteiger partial charge in [-0.05, 0) is 25.3 Å². The van der Waals surface area contributed by atoms with Gasteiger partial charge in [0.2, 0.25) is 5.91 Å². The summed E-state index contributed by atoms with van der Waals surface area (Å²) in [6, 6.07) is 9.46. The van der Waals surface area contributed by atoms with Gasteiger partial charge in [-0.3, -0.25) is 4.79 Å². The van der Waals surface area contributed by atoms with Crippen molar-refractivity contribution >= 4 is 5.91 Å². The topological polar surface area (TPSA) is 82.4 Å². The maximum atomic E-state index is 12.1. The second kappa shape index (κ2) is 6.40. The van der Waals surface area contributed by atoms with Gasteiger partial charge < -0.3 is 15.2 Å². The lowest BCUT2D eigenvalue weighted by molar-refractivity contribution is -0.131. The fourth-order valence-electron chi connectivity index (χ4n) is 2.21. The van der Waals surface area contributed by atoms with E-state index in [2.05, 4.69) is 11.4 Å². The number of aliphatic hydroxyl groups excluding tert-OH is 1. The van der Waals surface area contributed by atoms with Crippen molar-refractivity contribution in [2.75, 3.05) is 13.2 Å². The van der Waals surface area contributed by atoms with E-state index in [9.17, 15) is 4.79 Å². The molecule has 0 bridgehead atoms. The molecule has 0 aromatic heterocycles. The standard InChI is InChI=1S/C15H18N2O3/c16-11-15(6-3-7-15)14(19)17-10-12-4-1-2-5-13(12)20-9-8-18/h1-2,4-5,18H,3,6-10H2,(H,17,19). The Labute approximate surface area is 118 Å². The van der Waals surface area contributed by atoms with E-state index in [1.807, 2.05) is 18.2 Å². The zero-order valence-electron chi connectivity index (χ0n) is 11.3. The van der Waals surface area contributed by atoms with Crippen molar-refractivity contribution in [3.63, 3.8) is 0 Å². The minimum absolute atomic E-state index is 0.0573. The molecular weight excluding hydrogens is 256 g/mol. The van der Waals surface area contributed by atoms with Crippen molar-refractivity contribution in [3.8, 4) is 11.8 Å². The summed E-state index contributed by atoms with van der Waals surface area (Å²) in [6.45, 7) is 0.481. The van der Waals surface area contributed by atoms with Gasteiger partial charge >= 0.3 is 0 Å². The highest BCUT2D eigenvalue weighted by Crippen LogP contribution is 2.40. The number of hydrogen-bond donors (Lipinski definition) is 2. The van der Waals surface area contributed by atoms with Crippen molar-refractivity contribution in [3.05, 3.63) is 29.8 Å². The molecule has 0 spiro atoms. The SMILES string of the molecule is N#CC1(C(=O)NCc2ccccc2OCCO)CCC1. The number of carbonyl (C=O) groups is 1. The van der Waals surface area contributed by atoms with Crippen molar-refractivity contribution in [1.29, 1.82) is 5.26 Å². The Morgan fingerprint density at radius 2 is 2.20 bits per heavy atom. The number of nitriles is 1. The Morgan fingerprint density at radius 3 is 2.80 bits per heavy atom. The first-order valence-corrected chi connectivity index (χ1v) is 6.73. The van der Waals surface area contributed by atoms with Gasteiger partial charge in [0.1, 0.15) is 17.8 Å². The number of amides is 1. The lowest BCUT2D eigenvalue weighted by Crippen LogP contribution is -2.44. The first-order valence-electron chi connectivity index (χ1n) is 6.73. The molecule has 5 nitrogen and oxygen atoms in total. The number of ether oxygens (including phenoxy) is 1. The predicted molar refractivity (Wildman–Crippen MR) is 72.8 cm³/mol. The second-order valence-corrected chi connectivity index (χ2v) is 4.91. The molecule has 5 heteroatoms. The third-order valence-electron chi connectivity index (χ3n) is 3.62. The van der Waals surface area contributed by atoms with Gasteiger partial charge in [0, 0.05) is 12.1 Å². The van der Waals surface area contributed by atoms with Gasteiger partial charge in [-0.15, -0.1) is 0 Å². The molecule has 0 radical (unpaired) electrons. The summed E-state index contributed by atoms with van der Waals surface area (Å²) in [5.41, 5.74) is 0.00248. The van der Waals surface area contributed by atoms with E-state index >= 15 is 0 Å². The zero-order valence-corrected chi connectivity index (χ0v) is 11.3. The molecule has 1 aromatic rings. The minimum Gasteiger partial charge on any atom is -0.491 e. The van der Waals surface area contributed by atoms with Crippen molar-refractivity contribution in [1.82, 2.24) is 5.32 Å². The lowest BCUT2D eigenvalue weighted by Gasteiger charge is -2.33. The van der Waals surface area contributed by atoms with Gasteiger partial charge in [0.15, 0.2) is 0 Å². The average molecular weight is 274 g/mol. The first-order chi connectivity index (χ1) is 9.72. The molecule has 0 heterocycles. The fraction of sp³-hybridized carbons (Fsp3) is 0.467. The summed E-state index contributed by atoms with van der Waals surface area (Å²) in [7, 11) is 0. The third-order valence-corrected chi connectivity index (χ3v) is 3.62. The van der Waals surface area contributed by atoms with E-state index in [4.69, 9.17) is 15.1 Å². The summed E-state index contributed by atoms with van der Waals surface area (Å²) in [5, 5.41) is 20.7. The van der Waals surface area contributed by atoms with Crippen LogP contribution in [-0.2, 0) is 11.3 Å². The van der Waals surface area contributed by atoms with Crippen LogP contribution in [0.15, 0.2) is 24.3 Å². The number of para-hydroxylation sites is 1. The normalized spacial score (nSPS) is 15.8. The molecular formula is C15H18N2O3.